The highest BCUT2D eigenvalue weighted by molar-refractivity contribution is 6.40. The molecule has 0 aliphatic heterocycles. The van der Waals surface area contributed by atoms with E-state index in [0.29, 0.717) is 18.5 Å². The average Bonchev–Trinajstić information content (AvgIpc) is 2.79. The second-order valence-electron chi connectivity index (χ2n) is 6.84. The summed E-state index contributed by atoms with van der Waals surface area (Å²) in [6.45, 7) is 13.5. The van der Waals surface area contributed by atoms with E-state index in [0.717, 1.165) is 12.5 Å². The number of allylic oxidation sites excluding steroid dienone is 1. The van der Waals surface area contributed by atoms with Crippen molar-refractivity contribution >= 4 is 29.6 Å². The summed E-state index contributed by atoms with van der Waals surface area (Å²) in [7, 11) is 0. The third-order valence-electron chi connectivity index (χ3n) is 4.31. The van der Waals surface area contributed by atoms with E-state index < -0.39 is 49.6 Å². The molecule has 202 valence electrons. The molecule has 11 heteroatoms. The van der Waals surface area contributed by atoms with E-state index in [1.54, 1.807) is 13.0 Å². The van der Waals surface area contributed by atoms with Crippen LogP contribution >= 0.6 is 0 Å². The van der Waals surface area contributed by atoms with Crippen LogP contribution in [0.25, 0.3) is 0 Å². The van der Waals surface area contributed by atoms with Crippen LogP contribution in [0.15, 0.2) is 29.4 Å². The maximum Gasteiger partial charge on any atom is 0.354 e. The normalized spacial score (nSPS) is 12.1. The van der Waals surface area contributed by atoms with Crippen molar-refractivity contribution in [3.8, 4) is 0 Å². The van der Waals surface area contributed by atoms with Crippen LogP contribution in [-0.2, 0) is 19.2 Å². The third kappa shape index (κ3) is 19.0. The Morgan fingerprint density at radius 1 is 0.886 bits per heavy atom. The lowest BCUT2D eigenvalue weighted by molar-refractivity contribution is -0.143. The molecule has 0 spiro atoms. The van der Waals surface area contributed by atoms with E-state index in [9.17, 15) is 24.3 Å². The molecule has 0 aromatic rings. The maximum atomic E-state index is 11.5. The number of carboxylic acids is 4. The zero-order valence-corrected chi connectivity index (χ0v) is 21.9. The molecule has 0 saturated carbocycles. The Bertz CT molecular complexity index is 704. The zero-order chi connectivity index (χ0) is 28.0. The fraction of sp³-hybridized carbons (Fsp3) is 0.625. The highest BCUT2D eigenvalue weighted by atomic mass is 16.4. The van der Waals surface area contributed by atoms with Crippen molar-refractivity contribution in [3.05, 3.63) is 24.4 Å². The minimum Gasteiger partial charge on any atom is -0.480 e. The van der Waals surface area contributed by atoms with Crippen LogP contribution in [0.5, 0.6) is 0 Å². The quantitative estimate of drug-likeness (QED) is 0.217. The molecule has 0 bridgehead atoms. The number of hydrogen-bond donors (Lipinski definition) is 4. The summed E-state index contributed by atoms with van der Waals surface area (Å²) in [6.07, 6.45) is 4.61. The van der Waals surface area contributed by atoms with E-state index >= 15 is 0 Å². The molecule has 0 aliphatic carbocycles. The molecule has 0 aromatic carbocycles. The molecule has 0 fully saturated rings. The molecule has 4 N–H and O–H groups in total. The SMILES string of the molecule is C=CC(=N/C(=C\C)CN(CC(=O)O)C(CCCC)CN(CC(=O)O)CC(=O)O)C(=O)O.CC.CC. The van der Waals surface area contributed by atoms with Gasteiger partial charge in [-0.3, -0.25) is 24.2 Å². The number of carboxylic acid groups (broad SMARTS) is 4. The molecule has 0 saturated heterocycles. The number of carbonyl (C=O) groups is 4. The second kappa shape index (κ2) is 22.7. The molecule has 0 aliphatic rings. The molecule has 0 aromatic heterocycles. The van der Waals surface area contributed by atoms with E-state index in [1.165, 1.54) is 9.80 Å². The first-order chi connectivity index (χ1) is 16.5. The van der Waals surface area contributed by atoms with Gasteiger partial charge in [0.1, 0.15) is 5.71 Å². The van der Waals surface area contributed by atoms with Gasteiger partial charge in [-0.1, -0.05) is 60.1 Å². The largest absolute Gasteiger partial charge is 0.480 e. The topological polar surface area (TPSA) is 168 Å². The monoisotopic (exact) mass is 501 g/mol. The van der Waals surface area contributed by atoms with Gasteiger partial charge in [0.05, 0.1) is 25.3 Å². The highest BCUT2D eigenvalue weighted by Crippen LogP contribution is 2.15. The lowest BCUT2D eigenvalue weighted by atomic mass is 10.1. The Labute approximate surface area is 208 Å². The summed E-state index contributed by atoms with van der Waals surface area (Å²) < 4.78 is 0. The van der Waals surface area contributed by atoms with Crippen LogP contribution in [0.4, 0.5) is 0 Å². The van der Waals surface area contributed by atoms with Crippen LogP contribution in [0.3, 0.4) is 0 Å². The fourth-order valence-corrected chi connectivity index (χ4v) is 2.92. The molecule has 1 unspecified atom stereocenters. The predicted molar refractivity (Wildman–Crippen MR) is 136 cm³/mol. The van der Waals surface area contributed by atoms with Gasteiger partial charge in [-0.05, 0) is 19.4 Å². The smallest absolute Gasteiger partial charge is 0.354 e. The summed E-state index contributed by atoms with van der Waals surface area (Å²) in [6, 6.07) is -0.489. The minimum absolute atomic E-state index is 0.0137. The van der Waals surface area contributed by atoms with E-state index in [1.807, 2.05) is 34.6 Å². The van der Waals surface area contributed by atoms with Gasteiger partial charge >= 0.3 is 23.9 Å². The van der Waals surface area contributed by atoms with E-state index in [2.05, 4.69) is 11.6 Å². The summed E-state index contributed by atoms with van der Waals surface area (Å²) in [5.74, 6) is -4.81. The lowest BCUT2D eigenvalue weighted by Crippen LogP contribution is -2.49. The van der Waals surface area contributed by atoms with Crippen LogP contribution in [0.2, 0.25) is 0 Å². The lowest BCUT2D eigenvalue weighted by Gasteiger charge is -2.34. The number of hydrogen-bond acceptors (Lipinski definition) is 7. The van der Waals surface area contributed by atoms with Crippen molar-refractivity contribution in [1.29, 1.82) is 0 Å². The van der Waals surface area contributed by atoms with Gasteiger partial charge < -0.3 is 20.4 Å². The molecule has 1 atom stereocenters. The van der Waals surface area contributed by atoms with Crippen LogP contribution in [0, 0.1) is 0 Å². The molecule has 0 amide bonds. The summed E-state index contributed by atoms with van der Waals surface area (Å²) in [5.41, 5.74) is -0.00469. The van der Waals surface area contributed by atoms with E-state index in [4.69, 9.17) is 15.3 Å². The number of aliphatic carboxylic acids is 4. The first kappa shape index (κ1) is 36.5. The highest BCUT2D eigenvalue weighted by Gasteiger charge is 2.26. The molecule has 0 heterocycles. The molecular weight excluding hydrogens is 458 g/mol. The summed E-state index contributed by atoms with van der Waals surface area (Å²) >= 11 is 0. The average molecular weight is 502 g/mol. The molecule has 0 rings (SSSR count). The van der Waals surface area contributed by atoms with Crippen LogP contribution in [-0.4, -0.2) is 98.6 Å². The molecule has 11 nitrogen and oxygen atoms in total. The van der Waals surface area contributed by atoms with Gasteiger partial charge in [0.2, 0.25) is 0 Å². The Kier molecular flexibility index (Phi) is 23.7. The van der Waals surface area contributed by atoms with Crippen molar-refractivity contribution in [2.24, 2.45) is 4.99 Å². The standard InChI is InChI=1S/C20H31N3O8.2C2H6/c1-4-7-8-15(10-22(11-17(24)25)12-18(26)27)23(13-19(28)29)9-14(5-2)21-16(6-3)20(30)31;2*1-2/h5-6,15H,3-4,7-13H2,1-2H3,(H,24,25)(H,26,27)(H,28,29)(H,30,31);2*1-2H3/b14-5-,21-16?;;. The molecule has 0 radical (unpaired) electrons. The minimum atomic E-state index is -1.28. The van der Waals surface area contributed by atoms with Crippen molar-refractivity contribution in [3.63, 3.8) is 0 Å². The maximum absolute atomic E-state index is 11.5. The van der Waals surface area contributed by atoms with Gasteiger partial charge in [0.15, 0.2) is 0 Å². The first-order valence-electron chi connectivity index (χ1n) is 11.7. The van der Waals surface area contributed by atoms with E-state index in [-0.39, 0.29) is 18.8 Å². The van der Waals surface area contributed by atoms with Crippen molar-refractivity contribution in [2.45, 2.75) is 66.8 Å². The van der Waals surface area contributed by atoms with Crippen molar-refractivity contribution < 1.29 is 39.6 Å². The number of aliphatic imine (C=N–C) groups is 1. The van der Waals surface area contributed by atoms with Gasteiger partial charge in [0, 0.05) is 19.1 Å². The van der Waals surface area contributed by atoms with Gasteiger partial charge in [0.25, 0.3) is 0 Å². The number of nitrogens with zero attached hydrogens (tertiary/aromatic N) is 3. The Morgan fingerprint density at radius 2 is 1.37 bits per heavy atom. The summed E-state index contributed by atoms with van der Waals surface area (Å²) in [5, 5.41) is 36.7. The van der Waals surface area contributed by atoms with Gasteiger partial charge in [-0.2, -0.15) is 0 Å². The van der Waals surface area contributed by atoms with Gasteiger partial charge in [-0.25, -0.2) is 9.79 Å². The third-order valence-corrected chi connectivity index (χ3v) is 4.31. The van der Waals surface area contributed by atoms with Crippen molar-refractivity contribution in [1.82, 2.24) is 9.80 Å². The van der Waals surface area contributed by atoms with Crippen LogP contribution in [0.1, 0.15) is 60.8 Å². The fourth-order valence-electron chi connectivity index (χ4n) is 2.92. The molecule has 35 heavy (non-hydrogen) atoms. The molecular formula is C24H43N3O8. The first-order valence-corrected chi connectivity index (χ1v) is 11.7. The number of rotatable bonds is 17. The summed E-state index contributed by atoms with van der Waals surface area (Å²) in [4.78, 5) is 51.8. The zero-order valence-electron chi connectivity index (χ0n) is 21.9. The Hall–Kier alpha value is -3.05. The Balaban J connectivity index is -0.00000242. The number of unbranched alkanes of at least 4 members (excludes halogenated alkanes) is 1. The van der Waals surface area contributed by atoms with Crippen molar-refractivity contribution in [2.75, 3.05) is 32.7 Å². The predicted octanol–water partition coefficient (Wildman–Crippen LogP) is 3.07. The second-order valence-corrected chi connectivity index (χ2v) is 6.84. The Morgan fingerprint density at radius 3 is 1.71 bits per heavy atom. The van der Waals surface area contributed by atoms with Gasteiger partial charge in [-0.15, -0.1) is 0 Å². The van der Waals surface area contributed by atoms with Crippen LogP contribution < -0.4 is 0 Å².